The molecule has 1 unspecified atom stereocenters. The number of aliphatic hydroxyl groups is 1. The summed E-state index contributed by atoms with van der Waals surface area (Å²) in [6.07, 6.45) is 0.290. The Morgan fingerprint density at radius 3 is 2.22 bits per heavy atom. The number of rotatable bonds is 8. The number of aromatic hydroxyl groups is 1. The third-order valence-corrected chi connectivity index (χ3v) is 5.18. The number of aliphatic hydroxyl groups excluding tert-OH is 1. The van der Waals surface area contributed by atoms with Gasteiger partial charge in [0.25, 0.3) is 5.91 Å². The number of Topliss-reactive ketones (excluding diaryl/α,β-unsaturated/α-hetero) is 1. The topological polar surface area (TPSA) is 104 Å². The molecule has 168 valence electrons. The predicted molar refractivity (Wildman–Crippen MR) is 119 cm³/mol. The van der Waals surface area contributed by atoms with Gasteiger partial charge in [0.1, 0.15) is 5.75 Å². The van der Waals surface area contributed by atoms with E-state index in [-0.39, 0.29) is 41.8 Å². The fourth-order valence-electron chi connectivity index (χ4n) is 3.76. The van der Waals surface area contributed by atoms with Gasteiger partial charge in [0.05, 0.1) is 24.6 Å². The molecule has 0 aliphatic carbocycles. The van der Waals surface area contributed by atoms with E-state index in [2.05, 4.69) is 0 Å². The number of ether oxygens (including phenoxy) is 1. The minimum absolute atomic E-state index is 0.0463. The first-order valence-corrected chi connectivity index (χ1v) is 10.6. The number of phenols is 1. The van der Waals surface area contributed by atoms with Gasteiger partial charge in [-0.1, -0.05) is 38.1 Å². The number of anilines is 1. The number of carbonyl (C=O) groups is 3. The van der Waals surface area contributed by atoms with Crippen molar-refractivity contribution in [2.75, 3.05) is 11.5 Å². The van der Waals surface area contributed by atoms with Crippen LogP contribution in [0.1, 0.15) is 44.4 Å². The van der Waals surface area contributed by atoms with E-state index in [4.69, 9.17) is 4.74 Å². The number of phenolic OH excluding ortho intramolecular Hbond substituents is 1. The third kappa shape index (κ3) is 4.82. The lowest BCUT2D eigenvalue weighted by molar-refractivity contribution is -0.142. The number of ketones is 1. The molecule has 2 aromatic carbocycles. The van der Waals surface area contributed by atoms with E-state index < -0.39 is 17.7 Å². The van der Waals surface area contributed by atoms with E-state index in [9.17, 15) is 24.6 Å². The normalized spacial score (nSPS) is 16.1. The Labute approximate surface area is 186 Å². The highest BCUT2D eigenvalue weighted by molar-refractivity contribution is 6.16. The van der Waals surface area contributed by atoms with Crippen molar-refractivity contribution in [3.8, 4) is 5.75 Å². The van der Waals surface area contributed by atoms with Crippen molar-refractivity contribution >= 4 is 23.3 Å². The van der Waals surface area contributed by atoms with Crippen LogP contribution in [0.3, 0.4) is 0 Å². The zero-order valence-electron chi connectivity index (χ0n) is 18.4. The van der Waals surface area contributed by atoms with Crippen LogP contribution >= 0.6 is 0 Å². The minimum atomic E-state index is -0.828. The molecule has 1 heterocycles. The average Bonchev–Trinajstić information content (AvgIpc) is 3.00. The monoisotopic (exact) mass is 437 g/mol. The molecule has 0 bridgehead atoms. The first-order chi connectivity index (χ1) is 15.2. The van der Waals surface area contributed by atoms with E-state index in [1.807, 2.05) is 13.8 Å². The van der Waals surface area contributed by atoms with Gasteiger partial charge in [0, 0.05) is 12.1 Å². The minimum Gasteiger partial charge on any atom is -0.508 e. The highest BCUT2D eigenvalue weighted by atomic mass is 16.5. The number of hydrogen-bond acceptors (Lipinski definition) is 6. The maximum atomic E-state index is 13.0. The van der Waals surface area contributed by atoms with E-state index >= 15 is 0 Å². The molecule has 7 nitrogen and oxygen atoms in total. The zero-order chi connectivity index (χ0) is 23.4. The SMILES string of the molecule is CCOC(=O)Cc1ccc(N2C(=O)C(O)=C(C(=O)CC(C)C)C2c2ccc(O)cc2)cc1. The van der Waals surface area contributed by atoms with Gasteiger partial charge in [0.15, 0.2) is 11.5 Å². The molecule has 7 heteroatoms. The fourth-order valence-corrected chi connectivity index (χ4v) is 3.76. The molecular formula is C25H27NO6. The first-order valence-electron chi connectivity index (χ1n) is 10.6. The third-order valence-electron chi connectivity index (χ3n) is 5.18. The van der Waals surface area contributed by atoms with Crippen LogP contribution in [-0.4, -0.2) is 34.5 Å². The summed E-state index contributed by atoms with van der Waals surface area (Å²) in [5, 5.41) is 20.3. The second-order valence-corrected chi connectivity index (χ2v) is 8.10. The summed E-state index contributed by atoms with van der Waals surface area (Å²) >= 11 is 0. The lowest BCUT2D eigenvalue weighted by Gasteiger charge is -2.27. The molecule has 0 saturated carbocycles. The lowest BCUT2D eigenvalue weighted by atomic mass is 9.92. The molecule has 0 aromatic heterocycles. The highest BCUT2D eigenvalue weighted by Gasteiger charge is 2.44. The molecule has 32 heavy (non-hydrogen) atoms. The van der Waals surface area contributed by atoms with Crippen LogP contribution in [-0.2, 0) is 25.5 Å². The van der Waals surface area contributed by atoms with Gasteiger partial charge in [-0.15, -0.1) is 0 Å². The average molecular weight is 437 g/mol. The Morgan fingerprint density at radius 1 is 1.03 bits per heavy atom. The molecular weight excluding hydrogens is 410 g/mol. The smallest absolute Gasteiger partial charge is 0.310 e. The largest absolute Gasteiger partial charge is 0.508 e. The van der Waals surface area contributed by atoms with E-state index in [1.165, 1.54) is 17.0 Å². The molecule has 0 spiro atoms. The summed E-state index contributed by atoms with van der Waals surface area (Å²) in [5.74, 6) is -1.78. The molecule has 0 radical (unpaired) electrons. The summed E-state index contributed by atoms with van der Waals surface area (Å²) in [6, 6.07) is 12.1. The second kappa shape index (κ2) is 9.68. The Hall–Kier alpha value is -3.61. The molecule has 1 aliphatic heterocycles. The number of benzene rings is 2. The molecule has 2 N–H and O–H groups in total. The fraction of sp³-hybridized carbons (Fsp3) is 0.320. The zero-order valence-corrected chi connectivity index (χ0v) is 18.4. The van der Waals surface area contributed by atoms with Gasteiger partial charge < -0.3 is 14.9 Å². The van der Waals surface area contributed by atoms with Gasteiger partial charge in [-0.05, 0) is 48.2 Å². The van der Waals surface area contributed by atoms with Crippen LogP contribution in [0, 0.1) is 5.92 Å². The number of amides is 1. The van der Waals surface area contributed by atoms with Crippen LogP contribution in [0.4, 0.5) is 5.69 Å². The van der Waals surface area contributed by atoms with E-state index in [0.29, 0.717) is 23.4 Å². The molecule has 3 rings (SSSR count). The highest BCUT2D eigenvalue weighted by Crippen LogP contribution is 2.42. The predicted octanol–water partition coefficient (Wildman–Crippen LogP) is 4.01. The molecule has 2 aromatic rings. The summed E-state index contributed by atoms with van der Waals surface area (Å²) < 4.78 is 4.96. The molecule has 1 amide bonds. The van der Waals surface area contributed by atoms with E-state index in [1.54, 1.807) is 43.3 Å². The van der Waals surface area contributed by atoms with Crippen LogP contribution in [0.5, 0.6) is 5.75 Å². The summed E-state index contributed by atoms with van der Waals surface area (Å²) in [6.45, 7) is 5.82. The van der Waals surface area contributed by atoms with Crippen molar-refractivity contribution in [2.24, 2.45) is 5.92 Å². The van der Waals surface area contributed by atoms with Crippen LogP contribution < -0.4 is 4.90 Å². The maximum absolute atomic E-state index is 13.0. The maximum Gasteiger partial charge on any atom is 0.310 e. The summed E-state index contributed by atoms with van der Waals surface area (Å²) in [4.78, 5) is 39.1. The van der Waals surface area contributed by atoms with Gasteiger partial charge in [-0.2, -0.15) is 0 Å². The molecule has 0 fully saturated rings. The second-order valence-electron chi connectivity index (χ2n) is 8.10. The summed E-state index contributed by atoms with van der Waals surface area (Å²) in [7, 11) is 0. The van der Waals surface area contributed by atoms with E-state index in [0.717, 1.165) is 0 Å². The van der Waals surface area contributed by atoms with Crippen molar-refractivity contribution < 1.29 is 29.3 Å². The standard InChI is InChI=1S/C25H27NO6/c1-4-32-21(29)14-16-5-9-18(10-6-16)26-23(17-7-11-19(27)12-8-17)22(24(30)25(26)31)20(28)13-15(2)3/h5-12,15,23,27,30H,4,13-14H2,1-3H3. The number of nitrogens with zero attached hydrogens (tertiary/aromatic N) is 1. The van der Waals surface area contributed by atoms with Crippen molar-refractivity contribution in [1.29, 1.82) is 0 Å². The Kier molecular flexibility index (Phi) is 6.98. The Balaban J connectivity index is 2.00. The van der Waals surface area contributed by atoms with Crippen molar-refractivity contribution in [2.45, 2.75) is 39.7 Å². The van der Waals surface area contributed by atoms with Crippen molar-refractivity contribution in [3.05, 3.63) is 71.0 Å². The Bertz CT molecular complexity index is 1040. The lowest BCUT2D eigenvalue weighted by Crippen LogP contribution is -2.31. The van der Waals surface area contributed by atoms with Crippen LogP contribution in [0.2, 0.25) is 0 Å². The van der Waals surface area contributed by atoms with Gasteiger partial charge >= 0.3 is 5.97 Å². The molecule has 1 aliphatic rings. The number of carbonyl (C=O) groups excluding carboxylic acids is 3. The number of esters is 1. The number of hydrogen-bond donors (Lipinski definition) is 2. The summed E-state index contributed by atoms with van der Waals surface area (Å²) in [5.41, 5.74) is 1.82. The first kappa shape index (κ1) is 23.1. The van der Waals surface area contributed by atoms with Gasteiger partial charge in [-0.3, -0.25) is 19.3 Å². The van der Waals surface area contributed by atoms with Crippen LogP contribution in [0.15, 0.2) is 59.9 Å². The van der Waals surface area contributed by atoms with Crippen molar-refractivity contribution in [1.82, 2.24) is 0 Å². The van der Waals surface area contributed by atoms with Crippen LogP contribution in [0.25, 0.3) is 0 Å². The van der Waals surface area contributed by atoms with Crippen molar-refractivity contribution in [3.63, 3.8) is 0 Å². The quantitative estimate of drug-likeness (QED) is 0.605. The van der Waals surface area contributed by atoms with Gasteiger partial charge in [0.2, 0.25) is 0 Å². The molecule has 1 atom stereocenters. The Morgan fingerprint density at radius 2 is 1.66 bits per heavy atom. The molecule has 0 saturated heterocycles. The van der Waals surface area contributed by atoms with Gasteiger partial charge in [-0.25, -0.2) is 0 Å².